The third-order valence-electron chi connectivity index (χ3n) is 3.21. The zero-order valence-corrected chi connectivity index (χ0v) is 15.0. The molecule has 1 aromatic carbocycles. The van der Waals surface area contributed by atoms with E-state index < -0.39 is 0 Å². The van der Waals surface area contributed by atoms with Gasteiger partial charge in [0.2, 0.25) is 0 Å². The van der Waals surface area contributed by atoms with Crippen molar-refractivity contribution in [2.24, 2.45) is 0 Å². The molecule has 0 saturated carbocycles. The summed E-state index contributed by atoms with van der Waals surface area (Å²) in [7, 11) is 0. The van der Waals surface area contributed by atoms with Gasteiger partial charge in [0.25, 0.3) is 0 Å². The van der Waals surface area contributed by atoms with Crippen LogP contribution in [0.25, 0.3) is 11.3 Å². The molecule has 0 fully saturated rings. The largest absolute Gasteiger partial charge is 0.494 e. The van der Waals surface area contributed by atoms with Gasteiger partial charge in [0.1, 0.15) is 11.6 Å². The first-order valence-electron chi connectivity index (χ1n) is 8.39. The minimum atomic E-state index is -0.0304. The lowest BCUT2D eigenvalue weighted by atomic mass is 10.1. The number of benzene rings is 1. The van der Waals surface area contributed by atoms with Gasteiger partial charge in [0.05, 0.1) is 24.7 Å². The number of aromatic nitrogens is 2. The van der Waals surface area contributed by atoms with Crippen molar-refractivity contribution in [3.63, 3.8) is 0 Å². The minimum absolute atomic E-state index is 0.0304. The van der Waals surface area contributed by atoms with Crippen LogP contribution in [-0.2, 0) is 4.74 Å². The highest BCUT2D eigenvalue weighted by atomic mass is 16.5. The summed E-state index contributed by atoms with van der Waals surface area (Å²) in [6.07, 6.45) is 4.44. The SMILES string of the molecule is CCOCCCOc1ccc(-c2cnc(NC(C)(C)C)cn2)cc1. The third kappa shape index (κ3) is 6.16. The molecule has 2 rings (SSSR count). The Bertz CT molecular complexity index is 604. The Kier molecular flexibility index (Phi) is 6.55. The van der Waals surface area contributed by atoms with Crippen LogP contribution in [-0.4, -0.2) is 35.3 Å². The van der Waals surface area contributed by atoms with E-state index in [9.17, 15) is 0 Å². The summed E-state index contributed by atoms with van der Waals surface area (Å²) >= 11 is 0. The highest BCUT2D eigenvalue weighted by Crippen LogP contribution is 2.21. The van der Waals surface area contributed by atoms with Crippen LogP contribution in [0, 0.1) is 0 Å². The maximum Gasteiger partial charge on any atom is 0.144 e. The van der Waals surface area contributed by atoms with E-state index in [0.717, 1.165) is 42.5 Å². The van der Waals surface area contributed by atoms with Gasteiger partial charge in [-0.25, -0.2) is 4.98 Å². The fraction of sp³-hybridized carbons (Fsp3) is 0.474. The van der Waals surface area contributed by atoms with E-state index in [2.05, 4.69) is 36.1 Å². The van der Waals surface area contributed by atoms with Crippen LogP contribution >= 0.6 is 0 Å². The predicted molar refractivity (Wildman–Crippen MR) is 97.4 cm³/mol. The highest BCUT2D eigenvalue weighted by Gasteiger charge is 2.10. The lowest BCUT2D eigenvalue weighted by Crippen LogP contribution is -2.26. The standard InChI is InChI=1S/C19H27N3O2/c1-5-23-11-6-12-24-16-9-7-15(8-10-16)17-13-21-18(14-20-17)22-19(2,3)4/h7-10,13-14H,5-6,11-12H2,1-4H3,(H,21,22). The maximum absolute atomic E-state index is 5.69. The second-order valence-corrected chi connectivity index (χ2v) is 6.59. The fourth-order valence-corrected chi connectivity index (χ4v) is 2.14. The van der Waals surface area contributed by atoms with Gasteiger partial charge in [0, 0.05) is 30.7 Å². The Morgan fingerprint density at radius 2 is 1.75 bits per heavy atom. The fourth-order valence-electron chi connectivity index (χ4n) is 2.14. The molecule has 0 bridgehead atoms. The van der Waals surface area contributed by atoms with Crippen molar-refractivity contribution in [2.45, 2.75) is 39.7 Å². The van der Waals surface area contributed by atoms with Gasteiger partial charge in [-0.3, -0.25) is 4.98 Å². The van der Waals surface area contributed by atoms with Crippen molar-refractivity contribution in [3.05, 3.63) is 36.7 Å². The second kappa shape index (κ2) is 8.64. The second-order valence-electron chi connectivity index (χ2n) is 6.59. The van der Waals surface area contributed by atoms with Crippen molar-refractivity contribution in [1.29, 1.82) is 0 Å². The molecule has 0 unspecified atom stereocenters. The first kappa shape index (κ1) is 18.2. The van der Waals surface area contributed by atoms with Crippen LogP contribution in [0.4, 0.5) is 5.82 Å². The Morgan fingerprint density at radius 3 is 2.33 bits per heavy atom. The lowest BCUT2D eigenvalue weighted by molar-refractivity contribution is 0.131. The van der Waals surface area contributed by atoms with Crippen molar-refractivity contribution < 1.29 is 9.47 Å². The average Bonchev–Trinajstić information content (AvgIpc) is 2.55. The zero-order chi connectivity index (χ0) is 17.4. The number of hydrogen-bond donors (Lipinski definition) is 1. The predicted octanol–water partition coefficient (Wildman–Crippen LogP) is 4.16. The van der Waals surface area contributed by atoms with E-state index in [1.165, 1.54) is 0 Å². The molecule has 0 atom stereocenters. The van der Waals surface area contributed by atoms with Gasteiger partial charge in [-0.1, -0.05) is 0 Å². The molecule has 0 aliphatic rings. The summed E-state index contributed by atoms with van der Waals surface area (Å²) in [5, 5.41) is 3.30. The van der Waals surface area contributed by atoms with Crippen LogP contribution in [0.5, 0.6) is 5.75 Å². The molecule has 24 heavy (non-hydrogen) atoms. The molecule has 0 spiro atoms. The summed E-state index contributed by atoms with van der Waals surface area (Å²) in [5.74, 6) is 1.63. The van der Waals surface area contributed by atoms with Gasteiger partial charge in [0.15, 0.2) is 0 Å². The third-order valence-corrected chi connectivity index (χ3v) is 3.21. The van der Waals surface area contributed by atoms with E-state index in [1.54, 1.807) is 12.4 Å². The van der Waals surface area contributed by atoms with E-state index >= 15 is 0 Å². The van der Waals surface area contributed by atoms with Crippen molar-refractivity contribution in [2.75, 3.05) is 25.1 Å². The van der Waals surface area contributed by atoms with E-state index in [1.807, 2.05) is 31.2 Å². The molecule has 0 saturated heterocycles. The molecular weight excluding hydrogens is 302 g/mol. The number of hydrogen-bond acceptors (Lipinski definition) is 5. The quantitative estimate of drug-likeness (QED) is 0.737. The molecule has 1 N–H and O–H groups in total. The smallest absolute Gasteiger partial charge is 0.144 e. The van der Waals surface area contributed by atoms with Crippen LogP contribution in [0.15, 0.2) is 36.7 Å². The lowest BCUT2D eigenvalue weighted by Gasteiger charge is -2.20. The van der Waals surface area contributed by atoms with Crippen molar-refractivity contribution in [1.82, 2.24) is 9.97 Å². The van der Waals surface area contributed by atoms with Gasteiger partial charge < -0.3 is 14.8 Å². The molecule has 130 valence electrons. The molecule has 0 aliphatic carbocycles. The first-order valence-corrected chi connectivity index (χ1v) is 8.39. The maximum atomic E-state index is 5.69. The number of rotatable bonds is 8. The Hall–Kier alpha value is -2.14. The van der Waals surface area contributed by atoms with E-state index in [-0.39, 0.29) is 5.54 Å². The normalized spacial score (nSPS) is 11.3. The molecule has 2 aromatic rings. The molecule has 0 radical (unpaired) electrons. The molecular formula is C19H27N3O2. The summed E-state index contributed by atoms with van der Waals surface area (Å²) in [6.45, 7) is 10.4. The van der Waals surface area contributed by atoms with Crippen LogP contribution in [0.1, 0.15) is 34.1 Å². The molecule has 1 heterocycles. The Balaban J connectivity index is 1.90. The molecule has 0 amide bonds. The summed E-state index contributed by atoms with van der Waals surface area (Å²) in [6, 6.07) is 7.91. The van der Waals surface area contributed by atoms with Gasteiger partial charge >= 0.3 is 0 Å². The number of anilines is 1. The van der Waals surface area contributed by atoms with Crippen molar-refractivity contribution >= 4 is 5.82 Å². The Labute approximate surface area is 144 Å². The average molecular weight is 329 g/mol. The first-order chi connectivity index (χ1) is 11.5. The summed E-state index contributed by atoms with van der Waals surface area (Å²) in [5.41, 5.74) is 1.83. The highest BCUT2D eigenvalue weighted by molar-refractivity contribution is 5.59. The topological polar surface area (TPSA) is 56.3 Å². The number of nitrogens with one attached hydrogen (secondary N) is 1. The molecule has 5 nitrogen and oxygen atoms in total. The monoisotopic (exact) mass is 329 g/mol. The van der Waals surface area contributed by atoms with Crippen LogP contribution in [0.3, 0.4) is 0 Å². The van der Waals surface area contributed by atoms with Crippen molar-refractivity contribution in [3.8, 4) is 17.0 Å². The molecule has 0 aliphatic heterocycles. The van der Waals surface area contributed by atoms with Gasteiger partial charge in [-0.15, -0.1) is 0 Å². The van der Waals surface area contributed by atoms with Gasteiger partial charge in [-0.2, -0.15) is 0 Å². The van der Waals surface area contributed by atoms with E-state index in [0.29, 0.717) is 6.61 Å². The number of nitrogens with zero attached hydrogens (tertiary/aromatic N) is 2. The Morgan fingerprint density at radius 1 is 1.00 bits per heavy atom. The van der Waals surface area contributed by atoms with Crippen LogP contribution < -0.4 is 10.1 Å². The van der Waals surface area contributed by atoms with Crippen LogP contribution in [0.2, 0.25) is 0 Å². The molecule has 1 aromatic heterocycles. The zero-order valence-electron chi connectivity index (χ0n) is 15.0. The molecule has 5 heteroatoms. The summed E-state index contributed by atoms with van der Waals surface area (Å²) < 4.78 is 11.0. The summed E-state index contributed by atoms with van der Waals surface area (Å²) in [4.78, 5) is 8.90. The van der Waals surface area contributed by atoms with Gasteiger partial charge in [-0.05, 0) is 52.0 Å². The number of ether oxygens (including phenoxy) is 2. The minimum Gasteiger partial charge on any atom is -0.494 e. The van der Waals surface area contributed by atoms with E-state index in [4.69, 9.17) is 9.47 Å².